The first-order valence-corrected chi connectivity index (χ1v) is 8.45. The molecule has 0 radical (unpaired) electrons. The van der Waals surface area contributed by atoms with Gasteiger partial charge in [0.15, 0.2) is 0 Å². The number of ether oxygens (including phenoxy) is 1. The Hall–Kier alpha value is -1.82. The summed E-state index contributed by atoms with van der Waals surface area (Å²) >= 11 is 0. The van der Waals surface area contributed by atoms with Gasteiger partial charge in [0.25, 0.3) is 0 Å². The number of hydrogen-bond acceptors (Lipinski definition) is 3. The molecule has 0 saturated heterocycles. The van der Waals surface area contributed by atoms with Crippen molar-refractivity contribution in [1.82, 2.24) is 14.4 Å². The molecule has 1 aromatic rings. The summed E-state index contributed by atoms with van der Waals surface area (Å²) in [7, 11) is 3.57. The maximum Gasteiger partial charge on any atom is 0.242 e. The highest BCUT2D eigenvalue weighted by Crippen LogP contribution is 2.10. The minimum absolute atomic E-state index is 0.00362. The number of rotatable bonds is 9. The van der Waals surface area contributed by atoms with E-state index < -0.39 is 0 Å². The van der Waals surface area contributed by atoms with Crippen LogP contribution in [0, 0.1) is 5.92 Å². The highest BCUT2D eigenvalue weighted by atomic mass is 16.5. The second-order valence-corrected chi connectivity index (χ2v) is 6.63. The fourth-order valence-corrected chi connectivity index (χ4v) is 2.44. The number of aromatic nitrogens is 1. The van der Waals surface area contributed by atoms with Crippen LogP contribution in [0.2, 0.25) is 0 Å². The van der Waals surface area contributed by atoms with Crippen LogP contribution in [0.15, 0.2) is 18.3 Å². The monoisotopic (exact) mass is 337 g/mol. The molecule has 0 bridgehead atoms. The van der Waals surface area contributed by atoms with E-state index in [4.69, 9.17) is 4.74 Å². The molecule has 0 spiro atoms. The molecule has 1 aromatic heterocycles. The van der Waals surface area contributed by atoms with Crippen LogP contribution in [0.1, 0.15) is 33.4 Å². The number of carbonyl (C=O) groups is 2. The Balaban J connectivity index is 2.85. The molecule has 0 fully saturated rings. The highest BCUT2D eigenvalue weighted by Gasteiger charge is 2.25. The van der Waals surface area contributed by atoms with Crippen LogP contribution < -0.4 is 0 Å². The fraction of sp³-hybridized carbons (Fsp3) is 0.667. The Kier molecular flexibility index (Phi) is 7.98. The first kappa shape index (κ1) is 20.2. The topological polar surface area (TPSA) is 54.8 Å². The van der Waals surface area contributed by atoms with E-state index >= 15 is 0 Å². The summed E-state index contributed by atoms with van der Waals surface area (Å²) < 4.78 is 7.12. The van der Waals surface area contributed by atoms with Gasteiger partial charge in [-0.2, -0.15) is 0 Å². The van der Waals surface area contributed by atoms with Crippen LogP contribution in [-0.4, -0.2) is 59.0 Å². The van der Waals surface area contributed by atoms with Gasteiger partial charge in [-0.15, -0.1) is 0 Å². The second-order valence-electron chi connectivity index (χ2n) is 6.63. The Labute approximate surface area is 145 Å². The molecular weight excluding hydrogens is 306 g/mol. The van der Waals surface area contributed by atoms with Gasteiger partial charge in [0, 0.05) is 44.6 Å². The largest absolute Gasteiger partial charge is 0.383 e. The van der Waals surface area contributed by atoms with Crippen molar-refractivity contribution in [3.8, 4) is 0 Å². The van der Waals surface area contributed by atoms with Crippen LogP contribution in [0.4, 0.5) is 0 Å². The predicted molar refractivity (Wildman–Crippen MR) is 94.4 cm³/mol. The van der Waals surface area contributed by atoms with Crippen LogP contribution in [0.3, 0.4) is 0 Å². The maximum absolute atomic E-state index is 12.8. The summed E-state index contributed by atoms with van der Waals surface area (Å²) in [5, 5.41) is 0. The Morgan fingerprint density at radius 1 is 1.25 bits per heavy atom. The summed E-state index contributed by atoms with van der Waals surface area (Å²) in [4.78, 5) is 28.6. The molecule has 6 nitrogen and oxygen atoms in total. The zero-order valence-corrected chi connectivity index (χ0v) is 15.8. The lowest BCUT2D eigenvalue weighted by molar-refractivity contribution is -0.144. The molecule has 0 unspecified atom stereocenters. The van der Waals surface area contributed by atoms with Gasteiger partial charge in [0.05, 0.1) is 19.7 Å². The van der Waals surface area contributed by atoms with Crippen molar-refractivity contribution in [1.29, 1.82) is 0 Å². The van der Waals surface area contributed by atoms with Crippen LogP contribution in [0.5, 0.6) is 0 Å². The summed E-state index contributed by atoms with van der Waals surface area (Å²) in [6.07, 6.45) is 1.96. The van der Waals surface area contributed by atoms with E-state index in [0.717, 1.165) is 5.69 Å². The Morgan fingerprint density at radius 3 is 2.38 bits per heavy atom. The summed E-state index contributed by atoms with van der Waals surface area (Å²) in [5.41, 5.74) is 1.05. The molecule has 0 aliphatic carbocycles. The first-order valence-electron chi connectivity index (χ1n) is 8.45. The van der Waals surface area contributed by atoms with Gasteiger partial charge in [0.1, 0.15) is 0 Å². The van der Waals surface area contributed by atoms with E-state index in [-0.39, 0.29) is 30.3 Å². The number of methoxy groups -OCH3 is 1. The van der Waals surface area contributed by atoms with Crippen molar-refractivity contribution in [3.63, 3.8) is 0 Å². The standard InChI is InChI=1S/C18H31N3O3/c1-14(2)18(23)21(15(3)4)13-17(22)20(10-11-24-6)12-16-8-7-9-19(16)5/h7-9,14-15H,10-13H2,1-6H3. The summed E-state index contributed by atoms with van der Waals surface area (Å²) in [6.45, 7) is 9.16. The van der Waals surface area contributed by atoms with Crippen molar-refractivity contribution in [2.24, 2.45) is 13.0 Å². The van der Waals surface area contributed by atoms with E-state index in [0.29, 0.717) is 19.7 Å². The number of amides is 2. The molecule has 24 heavy (non-hydrogen) atoms. The SMILES string of the molecule is COCCN(Cc1cccn1C)C(=O)CN(C(=O)C(C)C)C(C)C. The van der Waals surface area contributed by atoms with Crippen molar-refractivity contribution >= 4 is 11.8 Å². The van der Waals surface area contributed by atoms with Gasteiger partial charge in [-0.25, -0.2) is 0 Å². The number of carbonyl (C=O) groups excluding carboxylic acids is 2. The predicted octanol–water partition coefficient (Wildman–Crippen LogP) is 1.89. The van der Waals surface area contributed by atoms with E-state index in [1.807, 2.05) is 57.6 Å². The molecule has 6 heteroatoms. The van der Waals surface area contributed by atoms with Crippen LogP contribution >= 0.6 is 0 Å². The van der Waals surface area contributed by atoms with Gasteiger partial charge >= 0.3 is 0 Å². The number of hydrogen-bond donors (Lipinski definition) is 0. The van der Waals surface area contributed by atoms with Gasteiger partial charge in [0.2, 0.25) is 11.8 Å². The zero-order chi connectivity index (χ0) is 18.3. The van der Waals surface area contributed by atoms with Crippen molar-refractivity contribution in [2.75, 3.05) is 26.8 Å². The summed E-state index contributed by atoms with van der Waals surface area (Å²) in [5.74, 6) is -0.180. The molecule has 0 N–H and O–H groups in total. The molecule has 0 aromatic carbocycles. The van der Waals surface area contributed by atoms with Crippen LogP contribution in [-0.2, 0) is 27.9 Å². The first-order chi connectivity index (χ1) is 11.3. The molecule has 0 aliphatic rings. The maximum atomic E-state index is 12.8. The quantitative estimate of drug-likeness (QED) is 0.691. The van der Waals surface area contributed by atoms with Gasteiger partial charge in [-0.1, -0.05) is 13.8 Å². The van der Waals surface area contributed by atoms with E-state index in [9.17, 15) is 9.59 Å². The second kappa shape index (κ2) is 9.47. The molecule has 0 atom stereocenters. The van der Waals surface area contributed by atoms with Gasteiger partial charge in [-0.3, -0.25) is 9.59 Å². The Bertz CT molecular complexity index is 537. The third kappa shape index (κ3) is 5.67. The lowest BCUT2D eigenvalue weighted by atomic mass is 10.1. The van der Waals surface area contributed by atoms with Gasteiger partial charge < -0.3 is 19.1 Å². The molecule has 2 amide bonds. The molecule has 0 saturated carbocycles. The summed E-state index contributed by atoms with van der Waals surface area (Å²) in [6, 6.07) is 3.94. The number of nitrogens with zero attached hydrogens (tertiary/aromatic N) is 3. The Morgan fingerprint density at radius 2 is 1.92 bits per heavy atom. The van der Waals surface area contributed by atoms with Crippen LogP contribution in [0.25, 0.3) is 0 Å². The van der Waals surface area contributed by atoms with Crippen molar-refractivity contribution in [2.45, 2.75) is 40.3 Å². The lowest BCUT2D eigenvalue weighted by Crippen LogP contribution is -2.47. The lowest BCUT2D eigenvalue weighted by Gasteiger charge is -2.31. The molecule has 1 rings (SSSR count). The average Bonchev–Trinajstić information content (AvgIpc) is 2.92. The van der Waals surface area contributed by atoms with E-state index in [1.165, 1.54) is 0 Å². The smallest absolute Gasteiger partial charge is 0.242 e. The normalized spacial score (nSPS) is 11.2. The molecule has 1 heterocycles. The molecule has 136 valence electrons. The zero-order valence-electron chi connectivity index (χ0n) is 15.8. The molecule has 0 aliphatic heterocycles. The minimum atomic E-state index is -0.125. The highest BCUT2D eigenvalue weighted by molar-refractivity contribution is 5.85. The van der Waals surface area contributed by atoms with Crippen molar-refractivity contribution in [3.05, 3.63) is 24.0 Å². The van der Waals surface area contributed by atoms with E-state index in [1.54, 1.807) is 16.9 Å². The average molecular weight is 337 g/mol. The minimum Gasteiger partial charge on any atom is -0.383 e. The van der Waals surface area contributed by atoms with Gasteiger partial charge in [-0.05, 0) is 26.0 Å². The molecular formula is C18H31N3O3. The third-order valence-corrected chi connectivity index (χ3v) is 4.03. The number of aryl methyl sites for hydroxylation is 1. The van der Waals surface area contributed by atoms with E-state index in [2.05, 4.69) is 0 Å². The third-order valence-electron chi connectivity index (χ3n) is 4.03. The van der Waals surface area contributed by atoms with Crippen molar-refractivity contribution < 1.29 is 14.3 Å². The fourth-order valence-electron chi connectivity index (χ4n) is 2.44.